The Balaban J connectivity index is 1.45. The predicted molar refractivity (Wildman–Crippen MR) is 99.0 cm³/mol. The van der Waals surface area contributed by atoms with Crippen molar-refractivity contribution in [2.24, 2.45) is 7.05 Å². The molecule has 0 atom stereocenters. The molecule has 0 radical (unpaired) electrons. The molecule has 0 saturated heterocycles. The van der Waals surface area contributed by atoms with Crippen molar-refractivity contribution in [3.63, 3.8) is 0 Å². The van der Waals surface area contributed by atoms with Crippen molar-refractivity contribution >= 4 is 5.91 Å². The highest BCUT2D eigenvalue weighted by Gasteiger charge is 2.14. The van der Waals surface area contributed by atoms with E-state index in [0.29, 0.717) is 11.4 Å². The van der Waals surface area contributed by atoms with Crippen LogP contribution in [0.5, 0.6) is 0 Å². The molecular formula is C19H17N7O. The summed E-state index contributed by atoms with van der Waals surface area (Å²) in [5.74, 6) is -0.217. The van der Waals surface area contributed by atoms with E-state index < -0.39 is 0 Å². The van der Waals surface area contributed by atoms with Crippen molar-refractivity contribution in [2.75, 3.05) is 0 Å². The highest BCUT2D eigenvalue weighted by molar-refractivity contribution is 5.93. The van der Waals surface area contributed by atoms with E-state index in [4.69, 9.17) is 0 Å². The Labute approximate surface area is 155 Å². The molecule has 3 heterocycles. The quantitative estimate of drug-likeness (QED) is 0.588. The van der Waals surface area contributed by atoms with Gasteiger partial charge < -0.3 is 5.32 Å². The van der Waals surface area contributed by atoms with Gasteiger partial charge in [-0.1, -0.05) is 35.5 Å². The number of amides is 1. The molecule has 0 fully saturated rings. The van der Waals surface area contributed by atoms with E-state index >= 15 is 0 Å². The Morgan fingerprint density at radius 2 is 1.89 bits per heavy atom. The van der Waals surface area contributed by atoms with E-state index in [2.05, 4.69) is 25.7 Å². The molecule has 1 aromatic carbocycles. The lowest BCUT2D eigenvalue weighted by Crippen LogP contribution is -2.25. The molecule has 1 amide bonds. The second-order valence-corrected chi connectivity index (χ2v) is 5.95. The average Bonchev–Trinajstić information content (AvgIpc) is 3.34. The van der Waals surface area contributed by atoms with Crippen molar-refractivity contribution < 1.29 is 4.79 Å². The van der Waals surface area contributed by atoms with Gasteiger partial charge in [0.05, 0.1) is 24.1 Å². The predicted octanol–water partition coefficient (Wildman–Crippen LogP) is 1.99. The first kappa shape index (κ1) is 16.6. The summed E-state index contributed by atoms with van der Waals surface area (Å²) in [6, 6.07) is 15.2. The largest absolute Gasteiger partial charge is 0.345 e. The molecule has 4 aromatic rings. The van der Waals surface area contributed by atoms with E-state index in [-0.39, 0.29) is 12.5 Å². The second kappa shape index (κ2) is 7.20. The van der Waals surface area contributed by atoms with Crippen molar-refractivity contribution in [3.8, 4) is 16.9 Å². The maximum Gasteiger partial charge on any atom is 0.269 e. The number of carbonyl (C=O) groups is 1. The monoisotopic (exact) mass is 359 g/mol. The number of nitrogens with zero attached hydrogens (tertiary/aromatic N) is 6. The highest BCUT2D eigenvalue weighted by atomic mass is 16.2. The molecule has 0 saturated carbocycles. The molecule has 0 spiro atoms. The summed E-state index contributed by atoms with van der Waals surface area (Å²) < 4.78 is 3.21. The van der Waals surface area contributed by atoms with E-state index in [0.717, 1.165) is 16.9 Å². The van der Waals surface area contributed by atoms with Crippen LogP contribution in [0.15, 0.2) is 67.1 Å². The average molecular weight is 359 g/mol. The molecule has 0 aliphatic carbocycles. The standard InChI is InChI=1S/C19H17N7O/c1-25-18(11-17(23-25)14-5-3-2-4-6-14)19(27)21-12-15-13-26(24-22-15)16-7-9-20-10-8-16/h2-11,13H,12H2,1H3,(H,21,27). The first-order valence-corrected chi connectivity index (χ1v) is 8.40. The van der Waals surface area contributed by atoms with Gasteiger partial charge in [0, 0.05) is 25.0 Å². The van der Waals surface area contributed by atoms with Crippen LogP contribution in [0.4, 0.5) is 0 Å². The summed E-state index contributed by atoms with van der Waals surface area (Å²) in [5, 5.41) is 15.4. The van der Waals surface area contributed by atoms with Gasteiger partial charge in [0.25, 0.3) is 5.91 Å². The van der Waals surface area contributed by atoms with Crippen molar-refractivity contribution in [1.82, 2.24) is 35.1 Å². The lowest BCUT2D eigenvalue weighted by Gasteiger charge is -2.02. The van der Waals surface area contributed by atoms with Crippen LogP contribution in [0.3, 0.4) is 0 Å². The van der Waals surface area contributed by atoms with Gasteiger partial charge >= 0.3 is 0 Å². The molecule has 0 unspecified atom stereocenters. The lowest BCUT2D eigenvalue weighted by molar-refractivity contribution is 0.0941. The van der Waals surface area contributed by atoms with Gasteiger partial charge in [-0.3, -0.25) is 14.5 Å². The number of rotatable bonds is 5. The van der Waals surface area contributed by atoms with Gasteiger partial charge in [0.2, 0.25) is 0 Å². The van der Waals surface area contributed by atoms with Crippen LogP contribution in [0.1, 0.15) is 16.2 Å². The number of carbonyl (C=O) groups excluding carboxylic acids is 1. The van der Waals surface area contributed by atoms with Crippen molar-refractivity contribution in [1.29, 1.82) is 0 Å². The summed E-state index contributed by atoms with van der Waals surface area (Å²) in [6.45, 7) is 0.274. The van der Waals surface area contributed by atoms with E-state index in [1.54, 1.807) is 41.1 Å². The molecule has 3 aromatic heterocycles. The molecule has 134 valence electrons. The van der Waals surface area contributed by atoms with Crippen LogP contribution < -0.4 is 5.32 Å². The van der Waals surface area contributed by atoms with Crippen LogP contribution in [0.25, 0.3) is 16.9 Å². The molecule has 8 nitrogen and oxygen atoms in total. The van der Waals surface area contributed by atoms with Gasteiger partial charge in [-0.05, 0) is 18.2 Å². The number of benzene rings is 1. The fourth-order valence-corrected chi connectivity index (χ4v) is 2.69. The molecule has 8 heteroatoms. The van der Waals surface area contributed by atoms with Gasteiger partial charge in [0.15, 0.2) is 0 Å². The van der Waals surface area contributed by atoms with Gasteiger partial charge in [-0.2, -0.15) is 5.10 Å². The zero-order chi connectivity index (χ0) is 18.6. The summed E-state index contributed by atoms with van der Waals surface area (Å²) in [7, 11) is 1.75. The Hall–Kier alpha value is -3.81. The fourth-order valence-electron chi connectivity index (χ4n) is 2.69. The molecular weight excluding hydrogens is 342 g/mol. The number of aromatic nitrogens is 6. The molecule has 27 heavy (non-hydrogen) atoms. The van der Waals surface area contributed by atoms with Crippen LogP contribution in [-0.4, -0.2) is 35.7 Å². The third kappa shape index (κ3) is 3.59. The van der Waals surface area contributed by atoms with Gasteiger partial charge in [-0.25, -0.2) is 4.68 Å². The number of nitrogens with one attached hydrogen (secondary N) is 1. The molecule has 1 N–H and O–H groups in total. The van der Waals surface area contributed by atoms with E-state index in [1.165, 1.54) is 0 Å². The van der Waals surface area contributed by atoms with Crippen LogP contribution in [0, 0.1) is 0 Å². The Morgan fingerprint density at radius 3 is 2.67 bits per heavy atom. The summed E-state index contributed by atoms with van der Waals surface area (Å²) >= 11 is 0. The molecule has 0 bridgehead atoms. The zero-order valence-electron chi connectivity index (χ0n) is 14.6. The number of hydrogen-bond acceptors (Lipinski definition) is 5. The number of aryl methyl sites for hydroxylation is 1. The van der Waals surface area contributed by atoms with E-state index in [1.807, 2.05) is 42.5 Å². The maximum atomic E-state index is 12.5. The first-order chi connectivity index (χ1) is 13.2. The van der Waals surface area contributed by atoms with Gasteiger partial charge in [0.1, 0.15) is 11.4 Å². The zero-order valence-corrected chi connectivity index (χ0v) is 14.6. The fraction of sp³-hybridized carbons (Fsp3) is 0.105. The number of pyridine rings is 1. The van der Waals surface area contributed by atoms with Crippen molar-refractivity contribution in [2.45, 2.75) is 6.54 Å². The highest BCUT2D eigenvalue weighted by Crippen LogP contribution is 2.18. The molecule has 4 rings (SSSR count). The maximum absolute atomic E-state index is 12.5. The Bertz CT molecular complexity index is 1050. The van der Waals surface area contributed by atoms with Crippen molar-refractivity contribution in [3.05, 3.63) is 78.5 Å². The van der Waals surface area contributed by atoms with Crippen LogP contribution in [0.2, 0.25) is 0 Å². The van der Waals surface area contributed by atoms with Crippen LogP contribution >= 0.6 is 0 Å². The van der Waals surface area contributed by atoms with E-state index in [9.17, 15) is 4.79 Å². The molecule has 0 aliphatic rings. The lowest BCUT2D eigenvalue weighted by atomic mass is 10.1. The minimum atomic E-state index is -0.217. The normalized spacial score (nSPS) is 10.7. The Morgan fingerprint density at radius 1 is 1.11 bits per heavy atom. The minimum Gasteiger partial charge on any atom is -0.345 e. The first-order valence-electron chi connectivity index (χ1n) is 8.40. The third-order valence-corrected chi connectivity index (χ3v) is 4.08. The third-order valence-electron chi connectivity index (χ3n) is 4.08. The molecule has 0 aliphatic heterocycles. The number of hydrogen-bond donors (Lipinski definition) is 1. The Kier molecular flexibility index (Phi) is 4.44. The topological polar surface area (TPSA) is 90.5 Å². The SMILES string of the molecule is Cn1nc(-c2ccccc2)cc1C(=O)NCc1cn(-c2ccncc2)nn1. The summed E-state index contributed by atoms with van der Waals surface area (Å²) in [6.07, 6.45) is 5.14. The smallest absolute Gasteiger partial charge is 0.269 e. The van der Waals surface area contributed by atoms with Crippen LogP contribution in [-0.2, 0) is 13.6 Å². The minimum absolute atomic E-state index is 0.217. The summed E-state index contributed by atoms with van der Waals surface area (Å²) in [4.78, 5) is 16.5. The van der Waals surface area contributed by atoms with Gasteiger partial charge in [-0.15, -0.1) is 5.10 Å². The second-order valence-electron chi connectivity index (χ2n) is 5.95. The summed E-state index contributed by atoms with van der Waals surface area (Å²) in [5.41, 5.74) is 3.72.